The number of alkyl halides is 1. The first kappa shape index (κ1) is 14.3. The Kier molecular flexibility index (Phi) is 4.58. The van der Waals surface area contributed by atoms with Crippen molar-refractivity contribution in [2.75, 3.05) is 13.7 Å². The number of methoxy groups -OCH3 is 1. The third-order valence-electron chi connectivity index (χ3n) is 2.91. The van der Waals surface area contributed by atoms with Crippen molar-refractivity contribution in [3.63, 3.8) is 0 Å². The standard InChI is InChI=1S/C15H14ClNO3/c1-20-15(19)13(16)9-17-14(18)12-7-6-10-4-2-3-5-11(10)8-12/h2-8,13H,9H2,1H3,(H,17,18). The van der Waals surface area contributed by atoms with Crippen LogP contribution in [0.2, 0.25) is 0 Å². The van der Waals surface area contributed by atoms with Gasteiger partial charge < -0.3 is 10.1 Å². The van der Waals surface area contributed by atoms with Crippen LogP contribution in [0.5, 0.6) is 0 Å². The number of carbonyl (C=O) groups is 2. The van der Waals surface area contributed by atoms with E-state index in [1.54, 1.807) is 12.1 Å². The minimum absolute atomic E-state index is 0.0277. The Bertz CT molecular complexity index is 642. The number of benzene rings is 2. The molecule has 0 aliphatic heterocycles. The summed E-state index contributed by atoms with van der Waals surface area (Å²) in [4.78, 5) is 23.1. The first-order chi connectivity index (χ1) is 9.61. The minimum Gasteiger partial charge on any atom is -0.468 e. The number of halogens is 1. The first-order valence-corrected chi connectivity index (χ1v) is 6.54. The summed E-state index contributed by atoms with van der Waals surface area (Å²) < 4.78 is 4.49. The molecule has 0 bridgehead atoms. The fraction of sp³-hybridized carbons (Fsp3) is 0.200. The molecule has 0 saturated heterocycles. The zero-order valence-electron chi connectivity index (χ0n) is 10.9. The third-order valence-corrected chi connectivity index (χ3v) is 3.24. The van der Waals surface area contributed by atoms with Gasteiger partial charge in [-0.3, -0.25) is 9.59 Å². The summed E-state index contributed by atoms with van der Waals surface area (Å²) in [5.74, 6) is -0.837. The van der Waals surface area contributed by atoms with Crippen molar-refractivity contribution in [2.45, 2.75) is 5.38 Å². The highest BCUT2D eigenvalue weighted by atomic mass is 35.5. The molecule has 0 aliphatic carbocycles. The SMILES string of the molecule is COC(=O)C(Cl)CNC(=O)c1ccc2ccccc2c1. The lowest BCUT2D eigenvalue weighted by atomic mass is 10.1. The van der Waals surface area contributed by atoms with E-state index in [4.69, 9.17) is 11.6 Å². The Hall–Kier alpha value is -2.07. The summed E-state index contributed by atoms with van der Waals surface area (Å²) in [5.41, 5.74) is 0.525. The number of ether oxygens (including phenoxy) is 1. The highest BCUT2D eigenvalue weighted by molar-refractivity contribution is 6.30. The molecule has 0 aliphatic rings. The van der Waals surface area contributed by atoms with Gasteiger partial charge in [0, 0.05) is 12.1 Å². The predicted octanol–water partition coefficient (Wildman–Crippen LogP) is 2.35. The Morgan fingerprint density at radius 1 is 1.20 bits per heavy atom. The van der Waals surface area contributed by atoms with Crippen LogP contribution in [0.3, 0.4) is 0 Å². The van der Waals surface area contributed by atoms with Crippen molar-refractivity contribution in [3.8, 4) is 0 Å². The summed E-state index contributed by atoms with van der Waals surface area (Å²) in [5, 5.41) is 3.77. The van der Waals surface area contributed by atoms with Crippen molar-refractivity contribution >= 4 is 34.2 Å². The van der Waals surface area contributed by atoms with Gasteiger partial charge in [-0.05, 0) is 22.9 Å². The normalized spacial score (nSPS) is 11.9. The van der Waals surface area contributed by atoms with Crippen molar-refractivity contribution in [2.24, 2.45) is 0 Å². The smallest absolute Gasteiger partial charge is 0.325 e. The first-order valence-electron chi connectivity index (χ1n) is 6.10. The van der Waals surface area contributed by atoms with E-state index in [1.807, 2.05) is 30.3 Å². The number of nitrogens with one attached hydrogen (secondary N) is 1. The van der Waals surface area contributed by atoms with Crippen LogP contribution < -0.4 is 5.32 Å². The Balaban J connectivity index is 2.06. The van der Waals surface area contributed by atoms with E-state index in [2.05, 4.69) is 10.1 Å². The van der Waals surface area contributed by atoms with Gasteiger partial charge in [0.05, 0.1) is 7.11 Å². The molecular formula is C15H14ClNO3. The maximum Gasteiger partial charge on any atom is 0.325 e. The topological polar surface area (TPSA) is 55.4 Å². The molecule has 1 unspecified atom stereocenters. The molecular weight excluding hydrogens is 278 g/mol. The fourth-order valence-corrected chi connectivity index (χ4v) is 1.99. The van der Waals surface area contributed by atoms with Crippen molar-refractivity contribution in [1.82, 2.24) is 5.32 Å². The number of hydrogen-bond donors (Lipinski definition) is 1. The lowest BCUT2D eigenvalue weighted by Crippen LogP contribution is -2.34. The zero-order chi connectivity index (χ0) is 14.5. The van der Waals surface area contributed by atoms with Crippen LogP contribution in [0.1, 0.15) is 10.4 Å². The molecule has 0 saturated carbocycles. The van der Waals surface area contributed by atoms with E-state index in [1.165, 1.54) is 7.11 Å². The van der Waals surface area contributed by atoms with Crippen LogP contribution in [0, 0.1) is 0 Å². The quantitative estimate of drug-likeness (QED) is 0.695. The summed E-state index contributed by atoms with van der Waals surface area (Å²) in [6.07, 6.45) is 0. The summed E-state index contributed by atoms with van der Waals surface area (Å²) >= 11 is 5.77. The van der Waals surface area contributed by atoms with Gasteiger partial charge in [-0.2, -0.15) is 0 Å². The second-order valence-electron chi connectivity index (χ2n) is 4.26. The van der Waals surface area contributed by atoms with Crippen molar-refractivity contribution in [1.29, 1.82) is 0 Å². The summed E-state index contributed by atoms with van der Waals surface area (Å²) in [7, 11) is 1.25. The van der Waals surface area contributed by atoms with Gasteiger partial charge in [-0.15, -0.1) is 11.6 Å². The molecule has 2 aromatic carbocycles. The number of hydrogen-bond acceptors (Lipinski definition) is 3. The number of fused-ring (bicyclic) bond motifs is 1. The Morgan fingerprint density at radius 3 is 2.60 bits per heavy atom. The number of rotatable bonds is 4. The monoisotopic (exact) mass is 291 g/mol. The minimum atomic E-state index is -0.885. The van der Waals surface area contributed by atoms with Gasteiger partial charge >= 0.3 is 5.97 Å². The summed E-state index contributed by atoms with van der Waals surface area (Å²) in [6.45, 7) is 0.0277. The van der Waals surface area contributed by atoms with E-state index >= 15 is 0 Å². The highest BCUT2D eigenvalue weighted by Crippen LogP contribution is 2.15. The fourth-order valence-electron chi connectivity index (χ4n) is 1.83. The van der Waals surface area contributed by atoms with Crippen LogP contribution in [0.4, 0.5) is 0 Å². The molecule has 1 amide bonds. The molecule has 2 rings (SSSR count). The molecule has 0 radical (unpaired) electrons. The second kappa shape index (κ2) is 6.39. The molecule has 20 heavy (non-hydrogen) atoms. The van der Waals surface area contributed by atoms with Gasteiger partial charge in [0.15, 0.2) is 0 Å². The van der Waals surface area contributed by atoms with E-state index in [0.717, 1.165) is 10.8 Å². The van der Waals surface area contributed by atoms with Gasteiger partial charge in [-0.25, -0.2) is 0 Å². The molecule has 0 fully saturated rings. The van der Waals surface area contributed by atoms with Crippen LogP contribution in [0.25, 0.3) is 10.8 Å². The average Bonchev–Trinajstić information content (AvgIpc) is 2.50. The maximum atomic E-state index is 12.0. The highest BCUT2D eigenvalue weighted by Gasteiger charge is 2.17. The average molecular weight is 292 g/mol. The van der Waals surface area contributed by atoms with E-state index in [-0.39, 0.29) is 12.5 Å². The van der Waals surface area contributed by atoms with Crippen LogP contribution in [-0.2, 0) is 9.53 Å². The molecule has 104 valence electrons. The van der Waals surface area contributed by atoms with Gasteiger partial charge in [-0.1, -0.05) is 30.3 Å². The van der Waals surface area contributed by atoms with Gasteiger partial charge in [0.25, 0.3) is 5.91 Å². The van der Waals surface area contributed by atoms with Crippen molar-refractivity contribution in [3.05, 3.63) is 48.0 Å². The summed E-state index contributed by atoms with van der Waals surface area (Å²) in [6, 6.07) is 13.2. The molecule has 0 spiro atoms. The molecule has 0 aromatic heterocycles. The Morgan fingerprint density at radius 2 is 1.90 bits per heavy atom. The third kappa shape index (κ3) is 3.27. The molecule has 4 nitrogen and oxygen atoms in total. The number of carbonyl (C=O) groups excluding carboxylic acids is 2. The maximum absolute atomic E-state index is 12.0. The molecule has 1 N–H and O–H groups in total. The lowest BCUT2D eigenvalue weighted by molar-refractivity contribution is -0.140. The number of esters is 1. The van der Waals surface area contributed by atoms with Crippen LogP contribution in [0.15, 0.2) is 42.5 Å². The number of amides is 1. The largest absolute Gasteiger partial charge is 0.468 e. The molecule has 1 atom stereocenters. The van der Waals surface area contributed by atoms with E-state index in [0.29, 0.717) is 5.56 Å². The zero-order valence-corrected chi connectivity index (χ0v) is 11.7. The van der Waals surface area contributed by atoms with E-state index in [9.17, 15) is 9.59 Å². The van der Waals surface area contributed by atoms with Crippen LogP contribution >= 0.6 is 11.6 Å². The van der Waals surface area contributed by atoms with E-state index < -0.39 is 11.3 Å². The molecule has 0 heterocycles. The molecule has 5 heteroatoms. The molecule has 2 aromatic rings. The second-order valence-corrected chi connectivity index (χ2v) is 4.79. The van der Waals surface area contributed by atoms with Gasteiger partial charge in [0.2, 0.25) is 0 Å². The van der Waals surface area contributed by atoms with Gasteiger partial charge in [0.1, 0.15) is 5.38 Å². The lowest BCUT2D eigenvalue weighted by Gasteiger charge is -2.09. The van der Waals surface area contributed by atoms with Crippen molar-refractivity contribution < 1.29 is 14.3 Å². The Labute approximate surface area is 121 Å². The predicted molar refractivity (Wildman–Crippen MR) is 77.9 cm³/mol. The van der Waals surface area contributed by atoms with Crippen LogP contribution in [-0.4, -0.2) is 30.9 Å².